The van der Waals surface area contributed by atoms with E-state index in [1.165, 1.54) is 4.90 Å². The van der Waals surface area contributed by atoms with E-state index < -0.39 is 72.5 Å². The molecule has 2 aromatic carbocycles. The van der Waals surface area contributed by atoms with Crippen molar-refractivity contribution < 1.29 is 55.4 Å². The first-order valence-electron chi connectivity index (χ1n) is 12.1. The van der Waals surface area contributed by atoms with E-state index in [9.17, 15) is 45.5 Å². The Bertz CT molecular complexity index is 1240. The van der Waals surface area contributed by atoms with Crippen molar-refractivity contribution in [2.45, 2.75) is 31.4 Å². The summed E-state index contributed by atoms with van der Waals surface area (Å²) in [7, 11) is 0. The van der Waals surface area contributed by atoms with Crippen LogP contribution in [0.3, 0.4) is 0 Å². The molecular weight excluding hydrogens is 564 g/mol. The molecule has 1 aliphatic heterocycles. The highest BCUT2D eigenvalue weighted by molar-refractivity contribution is 5.94. The first-order chi connectivity index (χ1) is 19.1. The molecule has 1 aliphatic rings. The summed E-state index contributed by atoms with van der Waals surface area (Å²) in [6.07, 6.45) is -11.2. The van der Waals surface area contributed by atoms with E-state index in [1.807, 2.05) is 35.2 Å². The number of rotatable bonds is 11. The normalized spacial score (nSPS) is 15.4. The number of hydrogen-bond donors (Lipinski definition) is 2. The first kappa shape index (κ1) is 31.4. The van der Waals surface area contributed by atoms with E-state index in [-0.39, 0.29) is 37.2 Å². The smallest absolute Gasteiger partial charge is 0.416 e. The number of benzene rings is 2. The maximum absolute atomic E-state index is 13.1. The number of Topliss-reactive ketones (excluding diaryl/α,β-unsaturated/α-hetero) is 1. The fraction of sp³-hybridized carbons (Fsp3) is 0.385. The number of piperazine rings is 1. The zero-order valence-corrected chi connectivity index (χ0v) is 21.3. The number of amides is 2. The molecule has 1 fully saturated rings. The number of halogens is 6. The number of ether oxygens (including phenoxy) is 1. The van der Waals surface area contributed by atoms with Crippen LogP contribution >= 0.6 is 0 Å². The van der Waals surface area contributed by atoms with Crippen LogP contribution in [-0.2, 0) is 38.1 Å². The van der Waals surface area contributed by atoms with Crippen LogP contribution in [0.2, 0.25) is 0 Å². The highest BCUT2D eigenvalue weighted by atomic mass is 19.4. The van der Waals surface area contributed by atoms with Crippen molar-refractivity contribution in [3.63, 3.8) is 0 Å². The van der Waals surface area contributed by atoms with Gasteiger partial charge in [0.1, 0.15) is 18.4 Å². The van der Waals surface area contributed by atoms with Gasteiger partial charge in [-0.2, -0.15) is 26.3 Å². The molecule has 1 heterocycles. The number of alkyl halides is 6. The standard InChI is InChI=1S/C26H25F6N3O6/c27-25(28,29)17-8-18(26(30,31)32)10-19(9-17)41-15-21(36)20(11-24(39)40)33-22(37)13-35-7-6-34(14-23(35)38)12-16-4-2-1-3-5-16/h1-5,8-10,20H,6-7,11-15H2,(H,33,37)(H,39,40). The van der Waals surface area contributed by atoms with E-state index in [1.54, 1.807) is 0 Å². The second-order valence-electron chi connectivity index (χ2n) is 9.23. The Balaban J connectivity index is 1.60. The molecule has 1 saturated heterocycles. The molecule has 15 heteroatoms. The number of carbonyl (C=O) groups is 4. The molecule has 2 amide bonds. The number of nitrogens with one attached hydrogen (secondary N) is 1. The molecule has 3 rings (SSSR count). The van der Waals surface area contributed by atoms with Gasteiger partial charge in [-0.15, -0.1) is 0 Å². The lowest BCUT2D eigenvalue weighted by Crippen LogP contribution is -2.54. The van der Waals surface area contributed by atoms with Crippen LogP contribution in [0.1, 0.15) is 23.1 Å². The number of carboxylic acids is 1. The third-order valence-corrected chi connectivity index (χ3v) is 6.03. The van der Waals surface area contributed by atoms with E-state index >= 15 is 0 Å². The largest absolute Gasteiger partial charge is 0.486 e. The van der Waals surface area contributed by atoms with Crippen LogP contribution < -0.4 is 10.1 Å². The molecule has 0 spiro atoms. The number of carbonyl (C=O) groups excluding carboxylic acids is 3. The fourth-order valence-corrected chi connectivity index (χ4v) is 4.00. The molecule has 9 nitrogen and oxygen atoms in total. The van der Waals surface area contributed by atoms with Crippen LogP contribution in [0, 0.1) is 0 Å². The Morgan fingerprint density at radius 2 is 1.56 bits per heavy atom. The molecule has 222 valence electrons. The second-order valence-corrected chi connectivity index (χ2v) is 9.23. The molecule has 0 saturated carbocycles. The molecular formula is C26H25F6N3O6. The minimum atomic E-state index is -5.15. The number of hydrogen-bond acceptors (Lipinski definition) is 6. The lowest BCUT2D eigenvalue weighted by Gasteiger charge is -2.34. The number of carboxylic acid groups (broad SMARTS) is 1. The van der Waals surface area contributed by atoms with Gasteiger partial charge in [-0.25, -0.2) is 0 Å². The van der Waals surface area contributed by atoms with Crippen molar-refractivity contribution in [1.29, 1.82) is 0 Å². The zero-order valence-electron chi connectivity index (χ0n) is 21.3. The number of aliphatic carboxylic acids is 1. The number of nitrogens with zero attached hydrogens (tertiary/aromatic N) is 2. The van der Waals surface area contributed by atoms with Gasteiger partial charge in [0.25, 0.3) is 0 Å². The highest BCUT2D eigenvalue weighted by Gasteiger charge is 2.37. The van der Waals surface area contributed by atoms with E-state index in [4.69, 9.17) is 9.84 Å². The summed E-state index contributed by atoms with van der Waals surface area (Å²) in [5, 5.41) is 11.3. The highest BCUT2D eigenvalue weighted by Crippen LogP contribution is 2.38. The van der Waals surface area contributed by atoms with Gasteiger partial charge in [0.05, 0.1) is 30.6 Å². The average molecular weight is 589 g/mol. The maximum atomic E-state index is 13.1. The SMILES string of the molecule is O=C(O)CC(NC(=O)CN1CCN(Cc2ccccc2)CC1=O)C(=O)COc1cc(C(F)(F)F)cc(C(F)(F)F)c1. The van der Waals surface area contributed by atoms with Crippen LogP contribution in [0.4, 0.5) is 26.3 Å². The molecule has 0 radical (unpaired) electrons. The quantitative estimate of drug-likeness (QED) is 0.388. The Hall–Kier alpha value is -4.14. The lowest BCUT2D eigenvalue weighted by molar-refractivity contribution is -0.144. The predicted molar refractivity (Wildman–Crippen MR) is 129 cm³/mol. The summed E-state index contributed by atoms with van der Waals surface area (Å²) in [5.74, 6) is -4.83. The molecule has 0 bridgehead atoms. The summed E-state index contributed by atoms with van der Waals surface area (Å²) >= 11 is 0. The maximum Gasteiger partial charge on any atom is 0.416 e. The average Bonchev–Trinajstić information content (AvgIpc) is 2.87. The minimum absolute atomic E-state index is 0.0183. The summed E-state index contributed by atoms with van der Waals surface area (Å²) in [5.41, 5.74) is -2.35. The fourth-order valence-electron chi connectivity index (χ4n) is 4.00. The van der Waals surface area contributed by atoms with Crippen LogP contribution in [0.5, 0.6) is 5.75 Å². The van der Waals surface area contributed by atoms with Crippen molar-refractivity contribution in [2.75, 3.05) is 32.8 Å². The predicted octanol–water partition coefficient (Wildman–Crippen LogP) is 2.98. The van der Waals surface area contributed by atoms with Crippen molar-refractivity contribution in [3.05, 3.63) is 65.2 Å². The Labute approximate surface area is 229 Å². The summed E-state index contributed by atoms with van der Waals surface area (Å²) in [6, 6.07) is 8.05. The van der Waals surface area contributed by atoms with Crippen LogP contribution in [-0.4, -0.2) is 77.3 Å². The Morgan fingerprint density at radius 3 is 2.10 bits per heavy atom. The Kier molecular flexibility index (Phi) is 9.97. The van der Waals surface area contributed by atoms with Crippen molar-refractivity contribution >= 4 is 23.6 Å². The van der Waals surface area contributed by atoms with Crippen LogP contribution in [0.15, 0.2) is 48.5 Å². The molecule has 2 N–H and O–H groups in total. The van der Waals surface area contributed by atoms with Crippen molar-refractivity contribution in [2.24, 2.45) is 0 Å². The summed E-state index contributed by atoms with van der Waals surface area (Å²) < 4.78 is 83.2. The van der Waals surface area contributed by atoms with Gasteiger partial charge < -0.3 is 20.1 Å². The van der Waals surface area contributed by atoms with Gasteiger partial charge >= 0.3 is 18.3 Å². The third-order valence-electron chi connectivity index (χ3n) is 6.03. The lowest BCUT2D eigenvalue weighted by atomic mass is 10.1. The van der Waals surface area contributed by atoms with Crippen molar-refractivity contribution in [1.82, 2.24) is 15.1 Å². The molecule has 2 aromatic rings. The summed E-state index contributed by atoms with van der Waals surface area (Å²) in [4.78, 5) is 52.0. The van der Waals surface area contributed by atoms with Gasteiger partial charge in [0.15, 0.2) is 5.78 Å². The van der Waals surface area contributed by atoms with Gasteiger partial charge in [-0.05, 0) is 23.8 Å². The van der Waals surface area contributed by atoms with Crippen LogP contribution in [0.25, 0.3) is 0 Å². The van der Waals surface area contributed by atoms with Gasteiger partial charge in [-0.1, -0.05) is 30.3 Å². The minimum Gasteiger partial charge on any atom is -0.486 e. The topological polar surface area (TPSA) is 116 Å². The molecule has 1 unspecified atom stereocenters. The van der Waals surface area contributed by atoms with E-state index in [0.717, 1.165) is 5.56 Å². The molecule has 41 heavy (non-hydrogen) atoms. The van der Waals surface area contributed by atoms with Crippen molar-refractivity contribution in [3.8, 4) is 5.75 Å². The Morgan fingerprint density at radius 1 is 0.951 bits per heavy atom. The molecule has 1 atom stereocenters. The number of ketones is 1. The third kappa shape index (κ3) is 9.48. The first-order valence-corrected chi connectivity index (χ1v) is 12.1. The van der Waals surface area contributed by atoms with Gasteiger partial charge in [0, 0.05) is 19.6 Å². The van der Waals surface area contributed by atoms with E-state index in [0.29, 0.717) is 13.1 Å². The second kappa shape index (κ2) is 13.0. The van der Waals surface area contributed by atoms with Gasteiger partial charge in [-0.3, -0.25) is 24.1 Å². The summed E-state index contributed by atoms with van der Waals surface area (Å²) in [6.45, 7) is -0.478. The van der Waals surface area contributed by atoms with E-state index in [2.05, 4.69) is 5.32 Å². The molecule has 0 aliphatic carbocycles. The zero-order chi connectivity index (χ0) is 30.4. The molecule has 0 aromatic heterocycles. The van der Waals surface area contributed by atoms with Gasteiger partial charge in [0.2, 0.25) is 11.8 Å². The monoisotopic (exact) mass is 589 g/mol.